The SMILES string of the molecule is NCC(=O)c1n[nH]c2cnccc12. The number of pyridine rings is 1. The fourth-order valence-corrected chi connectivity index (χ4v) is 1.18. The van der Waals surface area contributed by atoms with Gasteiger partial charge in [0.05, 0.1) is 18.3 Å². The Labute approximate surface area is 74.0 Å². The van der Waals surface area contributed by atoms with Crippen LogP contribution in [0.1, 0.15) is 10.5 Å². The third-order valence-electron chi connectivity index (χ3n) is 1.81. The van der Waals surface area contributed by atoms with Crippen molar-refractivity contribution in [2.75, 3.05) is 6.54 Å². The number of aromatic amines is 1. The lowest BCUT2D eigenvalue weighted by atomic mass is 10.2. The molecule has 0 saturated heterocycles. The van der Waals surface area contributed by atoms with E-state index in [4.69, 9.17) is 5.73 Å². The number of hydrogen-bond donors (Lipinski definition) is 2. The second-order valence-corrected chi connectivity index (χ2v) is 2.62. The molecule has 0 atom stereocenters. The van der Waals surface area contributed by atoms with E-state index in [1.807, 2.05) is 0 Å². The second-order valence-electron chi connectivity index (χ2n) is 2.62. The molecule has 3 N–H and O–H groups in total. The van der Waals surface area contributed by atoms with Gasteiger partial charge in [0.1, 0.15) is 5.69 Å². The maximum atomic E-state index is 11.3. The number of H-pyrrole nitrogens is 1. The first-order valence-electron chi connectivity index (χ1n) is 3.84. The molecule has 5 nitrogen and oxygen atoms in total. The number of ketones is 1. The molecule has 5 heteroatoms. The van der Waals surface area contributed by atoms with E-state index in [2.05, 4.69) is 15.2 Å². The van der Waals surface area contributed by atoms with E-state index in [9.17, 15) is 4.79 Å². The predicted molar refractivity (Wildman–Crippen MR) is 47.3 cm³/mol. The Morgan fingerprint density at radius 2 is 2.46 bits per heavy atom. The fourth-order valence-electron chi connectivity index (χ4n) is 1.18. The molecule has 0 aliphatic carbocycles. The molecule has 0 radical (unpaired) electrons. The highest BCUT2D eigenvalue weighted by Gasteiger charge is 2.11. The zero-order chi connectivity index (χ0) is 9.26. The number of fused-ring (bicyclic) bond motifs is 1. The van der Waals surface area contributed by atoms with Crippen LogP contribution in [-0.4, -0.2) is 27.5 Å². The number of carbonyl (C=O) groups excluding carboxylic acids is 1. The van der Waals surface area contributed by atoms with Gasteiger partial charge in [-0.25, -0.2) is 0 Å². The summed E-state index contributed by atoms with van der Waals surface area (Å²) in [5.74, 6) is -0.169. The van der Waals surface area contributed by atoms with Gasteiger partial charge in [0.15, 0.2) is 5.78 Å². The van der Waals surface area contributed by atoms with Gasteiger partial charge in [-0.15, -0.1) is 0 Å². The molecule has 66 valence electrons. The molecule has 2 heterocycles. The summed E-state index contributed by atoms with van der Waals surface area (Å²) < 4.78 is 0. The Bertz CT molecular complexity index is 448. The number of Topliss-reactive ketones (excluding diaryl/α,β-unsaturated/α-hetero) is 1. The van der Waals surface area contributed by atoms with Gasteiger partial charge in [-0.2, -0.15) is 5.10 Å². The van der Waals surface area contributed by atoms with Gasteiger partial charge >= 0.3 is 0 Å². The third-order valence-corrected chi connectivity index (χ3v) is 1.81. The normalized spacial score (nSPS) is 10.5. The average Bonchev–Trinajstić information content (AvgIpc) is 2.60. The van der Waals surface area contributed by atoms with Gasteiger partial charge < -0.3 is 5.73 Å². The summed E-state index contributed by atoms with van der Waals surface area (Å²) in [5, 5.41) is 7.35. The summed E-state index contributed by atoms with van der Waals surface area (Å²) >= 11 is 0. The first kappa shape index (κ1) is 7.88. The fraction of sp³-hybridized carbons (Fsp3) is 0.125. The average molecular weight is 176 g/mol. The summed E-state index contributed by atoms with van der Waals surface area (Å²) in [6.45, 7) is -0.0255. The van der Waals surface area contributed by atoms with E-state index in [-0.39, 0.29) is 12.3 Å². The number of aromatic nitrogens is 3. The van der Waals surface area contributed by atoms with Gasteiger partial charge in [-0.1, -0.05) is 0 Å². The lowest BCUT2D eigenvalue weighted by Gasteiger charge is -1.91. The van der Waals surface area contributed by atoms with E-state index in [0.29, 0.717) is 5.69 Å². The standard InChI is InChI=1S/C8H8N4O/c9-3-7(13)8-5-1-2-10-4-6(5)11-12-8/h1-2,4H,3,9H2,(H,11,12). The van der Waals surface area contributed by atoms with Crippen LogP contribution in [0.4, 0.5) is 0 Å². The summed E-state index contributed by atoms with van der Waals surface area (Å²) in [5.41, 5.74) is 6.37. The number of nitrogens with one attached hydrogen (secondary N) is 1. The zero-order valence-electron chi connectivity index (χ0n) is 6.82. The number of nitrogens with two attached hydrogens (primary N) is 1. The highest BCUT2D eigenvalue weighted by Crippen LogP contribution is 2.13. The number of rotatable bonds is 2. The molecule has 0 saturated carbocycles. The minimum absolute atomic E-state index is 0.0255. The molecule has 0 amide bonds. The van der Waals surface area contributed by atoms with Crippen molar-refractivity contribution in [3.63, 3.8) is 0 Å². The smallest absolute Gasteiger partial charge is 0.197 e. The number of nitrogens with zero attached hydrogens (tertiary/aromatic N) is 2. The van der Waals surface area contributed by atoms with Crippen LogP contribution in [0.5, 0.6) is 0 Å². The lowest BCUT2D eigenvalue weighted by molar-refractivity contribution is 0.0998. The Balaban J connectivity index is 2.64. The minimum Gasteiger partial charge on any atom is -0.324 e. The number of hydrogen-bond acceptors (Lipinski definition) is 4. The van der Waals surface area contributed by atoms with Crippen LogP contribution in [0.2, 0.25) is 0 Å². The largest absolute Gasteiger partial charge is 0.324 e. The molecule has 0 spiro atoms. The molecule has 0 fully saturated rings. The molecular weight excluding hydrogens is 168 g/mol. The molecule has 13 heavy (non-hydrogen) atoms. The quantitative estimate of drug-likeness (QED) is 0.635. The molecule has 0 aliphatic rings. The Hall–Kier alpha value is -1.75. The van der Waals surface area contributed by atoms with Crippen molar-refractivity contribution in [3.05, 3.63) is 24.2 Å². The highest BCUT2D eigenvalue weighted by molar-refractivity contribution is 6.06. The van der Waals surface area contributed by atoms with E-state index in [1.165, 1.54) is 0 Å². The first-order chi connectivity index (χ1) is 6.33. The van der Waals surface area contributed by atoms with Crippen molar-refractivity contribution < 1.29 is 4.79 Å². The summed E-state index contributed by atoms with van der Waals surface area (Å²) in [6.07, 6.45) is 3.24. The summed E-state index contributed by atoms with van der Waals surface area (Å²) in [7, 11) is 0. The molecule has 0 bridgehead atoms. The molecule has 2 aromatic heterocycles. The van der Waals surface area contributed by atoms with Gasteiger partial charge in [0.25, 0.3) is 0 Å². The summed E-state index contributed by atoms with van der Waals surface area (Å²) in [4.78, 5) is 15.2. The van der Waals surface area contributed by atoms with Crippen LogP contribution in [0.25, 0.3) is 10.9 Å². The van der Waals surface area contributed by atoms with Crippen molar-refractivity contribution in [2.24, 2.45) is 5.73 Å². The van der Waals surface area contributed by atoms with E-state index in [1.54, 1.807) is 18.5 Å². The first-order valence-corrected chi connectivity index (χ1v) is 3.84. The van der Waals surface area contributed by atoms with E-state index in [0.717, 1.165) is 10.9 Å². The summed E-state index contributed by atoms with van der Waals surface area (Å²) in [6, 6.07) is 1.74. The van der Waals surface area contributed by atoms with Gasteiger partial charge in [0.2, 0.25) is 0 Å². The maximum absolute atomic E-state index is 11.3. The molecule has 2 aromatic rings. The predicted octanol–water partition coefficient (Wildman–Crippen LogP) is 0.0993. The monoisotopic (exact) mass is 176 g/mol. The van der Waals surface area contributed by atoms with Crippen molar-refractivity contribution >= 4 is 16.7 Å². The van der Waals surface area contributed by atoms with Crippen LogP contribution in [0.3, 0.4) is 0 Å². The molecule has 0 aromatic carbocycles. The maximum Gasteiger partial charge on any atom is 0.197 e. The highest BCUT2D eigenvalue weighted by atomic mass is 16.1. The zero-order valence-corrected chi connectivity index (χ0v) is 6.82. The van der Waals surface area contributed by atoms with Crippen LogP contribution < -0.4 is 5.73 Å². The molecular formula is C8H8N4O. The Morgan fingerprint density at radius 3 is 3.23 bits per heavy atom. The van der Waals surface area contributed by atoms with E-state index >= 15 is 0 Å². The number of carbonyl (C=O) groups is 1. The van der Waals surface area contributed by atoms with Crippen molar-refractivity contribution in [1.82, 2.24) is 15.2 Å². The molecule has 2 rings (SSSR count). The van der Waals surface area contributed by atoms with Crippen molar-refractivity contribution in [3.8, 4) is 0 Å². The third kappa shape index (κ3) is 1.19. The van der Waals surface area contributed by atoms with Crippen molar-refractivity contribution in [2.45, 2.75) is 0 Å². The van der Waals surface area contributed by atoms with Crippen LogP contribution in [0.15, 0.2) is 18.5 Å². The minimum atomic E-state index is -0.169. The Morgan fingerprint density at radius 1 is 1.62 bits per heavy atom. The van der Waals surface area contributed by atoms with E-state index < -0.39 is 0 Å². The molecule has 0 aliphatic heterocycles. The van der Waals surface area contributed by atoms with Crippen molar-refractivity contribution in [1.29, 1.82) is 0 Å². The Kier molecular flexibility index (Phi) is 1.79. The van der Waals surface area contributed by atoms with Crippen LogP contribution in [-0.2, 0) is 0 Å². The second kappa shape index (κ2) is 2.95. The topological polar surface area (TPSA) is 84.7 Å². The lowest BCUT2D eigenvalue weighted by Crippen LogP contribution is -2.14. The van der Waals surface area contributed by atoms with Gasteiger partial charge in [0, 0.05) is 11.6 Å². The molecule has 0 unspecified atom stereocenters. The van der Waals surface area contributed by atoms with Crippen LogP contribution >= 0.6 is 0 Å². The van der Waals surface area contributed by atoms with Gasteiger partial charge in [-0.05, 0) is 6.07 Å². The van der Waals surface area contributed by atoms with Gasteiger partial charge in [-0.3, -0.25) is 14.9 Å². The van der Waals surface area contributed by atoms with Crippen LogP contribution in [0, 0.1) is 0 Å².